The second-order valence-electron chi connectivity index (χ2n) is 25.9. The molecule has 0 amide bonds. The van der Waals surface area contributed by atoms with Crippen LogP contribution in [0.2, 0.25) is 0 Å². The van der Waals surface area contributed by atoms with E-state index in [0.29, 0.717) is 25.7 Å². The van der Waals surface area contributed by atoms with E-state index in [1.807, 2.05) is 0 Å². The number of rotatable bonds is 68. The van der Waals surface area contributed by atoms with Gasteiger partial charge in [0.15, 0.2) is 12.2 Å². The van der Waals surface area contributed by atoms with E-state index < -0.39 is 97.5 Å². The number of ether oxygens (including phenoxy) is 4. The summed E-state index contributed by atoms with van der Waals surface area (Å²) >= 11 is 0. The van der Waals surface area contributed by atoms with Crippen LogP contribution in [-0.2, 0) is 65.4 Å². The van der Waals surface area contributed by atoms with E-state index in [1.54, 1.807) is 0 Å². The lowest BCUT2D eigenvalue weighted by atomic mass is 10.0. The van der Waals surface area contributed by atoms with E-state index in [2.05, 4.69) is 41.5 Å². The summed E-state index contributed by atoms with van der Waals surface area (Å²) in [5.41, 5.74) is 0. The van der Waals surface area contributed by atoms with Gasteiger partial charge in [-0.15, -0.1) is 0 Å². The molecule has 0 saturated heterocycles. The predicted molar refractivity (Wildman–Crippen MR) is 354 cm³/mol. The molecule has 5 atom stereocenters. The molecule has 17 nitrogen and oxygen atoms in total. The van der Waals surface area contributed by atoms with Crippen LogP contribution in [-0.4, -0.2) is 96.7 Å². The number of esters is 4. The molecule has 0 aliphatic heterocycles. The highest BCUT2D eigenvalue weighted by Crippen LogP contribution is 2.45. The average molecular weight is 1300 g/mol. The van der Waals surface area contributed by atoms with Crippen LogP contribution in [0, 0.1) is 11.8 Å². The topological polar surface area (TPSA) is 237 Å². The van der Waals surface area contributed by atoms with Crippen LogP contribution in [0.1, 0.15) is 350 Å². The van der Waals surface area contributed by atoms with Crippen molar-refractivity contribution in [2.24, 2.45) is 11.8 Å². The fraction of sp³-hybridized carbons (Fsp3) is 0.942. The van der Waals surface area contributed by atoms with Gasteiger partial charge in [-0.2, -0.15) is 0 Å². The number of aliphatic hydroxyl groups is 1. The van der Waals surface area contributed by atoms with Crippen molar-refractivity contribution in [3.63, 3.8) is 0 Å². The van der Waals surface area contributed by atoms with Crippen molar-refractivity contribution in [2.45, 2.75) is 368 Å². The van der Waals surface area contributed by atoms with Gasteiger partial charge >= 0.3 is 39.5 Å². The van der Waals surface area contributed by atoms with Gasteiger partial charge in [0.1, 0.15) is 19.3 Å². The quantitative estimate of drug-likeness (QED) is 0.0222. The van der Waals surface area contributed by atoms with E-state index in [9.17, 15) is 43.2 Å². The standard InChI is InChI=1S/C69H134O17P2/c1-7-9-11-13-15-33-39-45-51-66(71)79-57-64(85-68(73)53-47-41-34-16-14-12-10-8-2)59-83-87(75,76)81-55-63(70)56-82-88(77,78)84-60-65(58-80-67(72)52-46-40-35-30-29-32-38-44-50-62(5)6)86-69(74)54-48-42-36-28-26-24-22-20-18-17-19-21-23-25-27-31-37-43-49-61(3)4/h61-65,70H,7-60H2,1-6H3,(H,75,76)(H,77,78)/t63-,64+,65+/m0/s1. The highest BCUT2D eigenvalue weighted by molar-refractivity contribution is 7.47. The number of phosphoric acid groups is 2. The Morgan fingerprint density at radius 3 is 0.773 bits per heavy atom. The highest BCUT2D eigenvalue weighted by atomic mass is 31.2. The first-order valence-corrected chi connectivity index (χ1v) is 39.0. The lowest BCUT2D eigenvalue weighted by Gasteiger charge is -2.21. The Morgan fingerprint density at radius 1 is 0.307 bits per heavy atom. The van der Waals surface area contributed by atoms with Crippen LogP contribution in [0.15, 0.2) is 0 Å². The number of carbonyl (C=O) groups excluding carboxylic acids is 4. The molecule has 0 aliphatic carbocycles. The average Bonchev–Trinajstić information content (AvgIpc) is 3.57. The number of unbranched alkanes of at least 4 members (excludes halogenated alkanes) is 38. The summed E-state index contributed by atoms with van der Waals surface area (Å²) in [5, 5.41) is 10.5. The third-order valence-electron chi connectivity index (χ3n) is 16.0. The summed E-state index contributed by atoms with van der Waals surface area (Å²) in [6.07, 6.45) is 46.1. The first-order chi connectivity index (χ1) is 42.4. The van der Waals surface area contributed by atoms with Crippen molar-refractivity contribution in [3.8, 4) is 0 Å². The Labute approximate surface area is 537 Å². The first kappa shape index (κ1) is 86.1. The number of aliphatic hydroxyl groups excluding tert-OH is 1. The Morgan fingerprint density at radius 2 is 0.523 bits per heavy atom. The maximum atomic E-state index is 13.0. The second-order valence-corrected chi connectivity index (χ2v) is 28.8. The molecular formula is C69H134O17P2. The van der Waals surface area contributed by atoms with Crippen LogP contribution < -0.4 is 0 Å². The van der Waals surface area contributed by atoms with E-state index in [4.69, 9.17) is 37.0 Å². The van der Waals surface area contributed by atoms with Gasteiger partial charge in [-0.1, -0.05) is 298 Å². The summed E-state index contributed by atoms with van der Waals surface area (Å²) in [6, 6.07) is 0. The monoisotopic (exact) mass is 1300 g/mol. The summed E-state index contributed by atoms with van der Waals surface area (Å²) in [4.78, 5) is 72.2. The maximum absolute atomic E-state index is 13.0. The van der Waals surface area contributed by atoms with Gasteiger partial charge < -0.3 is 33.8 Å². The molecule has 0 fully saturated rings. The molecule has 3 N–H and O–H groups in total. The molecule has 0 radical (unpaired) electrons. The fourth-order valence-corrected chi connectivity index (χ4v) is 12.0. The molecule has 0 saturated carbocycles. The second kappa shape index (κ2) is 61.3. The van der Waals surface area contributed by atoms with Crippen molar-refractivity contribution < 1.29 is 80.2 Å². The van der Waals surface area contributed by atoms with Gasteiger partial charge in [-0.05, 0) is 37.5 Å². The number of hydrogen-bond acceptors (Lipinski definition) is 15. The summed E-state index contributed by atoms with van der Waals surface area (Å²) in [7, 11) is -9.89. The minimum atomic E-state index is -4.95. The van der Waals surface area contributed by atoms with Gasteiger partial charge in [0.2, 0.25) is 0 Å². The van der Waals surface area contributed by atoms with Gasteiger partial charge in [-0.3, -0.25) is 37.3 Å². The Balaban J connectivity index is 5.12. The SMILES string of the molecule is CCCCCCCCCCC(=O)OC[C@H](COP(=O)(O)OC[C@H](O)COP(=O)(O)OC[C@@H](COC(=O)CCCCCCCCCCC(C)C)OC(=O)CCCCCCCCCCCCCCCCCCCCC(C)C)OC(=O)CCCCCCCCCC. The smallest absolute Gasteiger partial charge is 0.462 e. The van der Waals surface area contributed by atoms with Crippen LogP contribution in [0.5, 0.6) is 0 Å². The van der Waals surface area contributed by atoms with Crippen LogP contribution >= 0.6 is 15.6 Å². The van der Waals surface area contributed by atoms with Crippen molar-refractivity contribution >= 4 is 39.5 Å². The summed E-state index contributed by atoms with van der Waals surface area (Å²) < 4.78 is 68.0. The van der Waals surface area contributed by atoms with Gasteiger partial charge in [-0.25, -0.2) is 9.13 Å². The van der Waals surface area contributed by atoms with Gasteiger partial charge in [0, 0.05) is 25.7 Å². The lowest BCUT2D eigenvalue weighted by molar-refractivity contribution is -0.161. The van der Waals surface area contributed by atoms with Crippen molar-refractivity contribution in [3.05, 3.63) is 0 Å². The van der Waals surface area contributed by atoms with E-state index in [0.717, 1.165) is 115 Å². The summed E-state index contributed by atoms with van der Waals surface area (Å²) in [6.45, 7) is 9.48. The lowest BCUT2D eigenvalue weighted by Crippen LogP contribution is -2.30. The fourth-order valence-electron chi connectivity index (χ4n) is 10.4. The first-order valence-electron chi connectivity index (χ1n) is 36.0. The molecule has 0 heterocycles. The normalized spacial score (nSPS) is 14.2. The maximum Gasteiger partial charge on any atom is 0.472 e. The molecule has 0 bridgehead atoms. The van der Waals surface area contributed by atoms with Gasteiger partial charge in [0.05, 0.1) is 26.4 Å². The molecular weight excluding hydrogens is 1160 g/mol. The minimum absolute atomic E-state index is 0.105. The van der Waals surface area contributed by atoms with Crippen molar-refractivity contribution in [2.75, 3.05) is 39.6 Å². The molecule has 0 aromatic heterocycles. The molecule has 522 valence electrons. The Hall–Kier alpha value is -1.94. The third-order valence-corrected chi connectivity index (χ3v) is 17.9. The number of phosphoric ester groups is 2. The Kier molecular flexibility index (Phi) is 59.9. The zero-order chi connectivity index (χ0) is 65.0. The van der Waals surface area contributed by atoms with Crippen molar-refractivity contribution in [1.29, 1.82) is 0 Å². The van der Waals surface area contributed by atoms with E-state index >= 15 is 0 Å². The minimum Gasteiger partial charge on any atom is -0.462 e. The van der Waals surface area contributed by atoms with Crippen molar-refractivity contribution in [1.82, 2.24) is 0 Å². The molecule has 0 aromatic rings. The molecule has 0 rings (SSSR count). The third kappa shape index (κ3) is 62.8. The zero-order valence-electron chi connectivity index (χ0n) is 57.0. The molecule has 0 aromatic carbocycles. The Bertz CT molecular complexity index is 1720. The number of carbonyl (C=O) groups is 4. The summed E-state index contributed by atoms with van der Waals surface area (Å²) in [5.74, 6) is -0.586. The van der Waals surface area contributed by atoms with E-state index in [1.165, 1.54) is 154 Å². The molecule has 0 spiro atoms. The van der Waals surface area contributed by atoms with Crippen LogP contribution in [0.3, 0.4) is 0 Å². The molecule has 88 heavy (non-hydrogen) atoms. The van der Waals surface area contributed by atoms with Crippen LogP contribution in [0.25, 0.3) is 0 Å². The highest BCUT2D eigenvalue weighted by Gasteiger charge is 2.30. The number of hydrogen-bond donors (Lipinski definition) is 3. The molecule has 2 unspecified atom stereocenters. The molecule has 19 heteroatoms. The largest absolute Gasteiger partial charge is 0.472 e. The van der Waals surface area contributed by atoms with Crippen LogP contribution in [0.4, 0.5) is 0 Å². The van der Waals surface area contributed by atoms with E-state index in [-0.39, 0.29) is 25.7 Å². The van der Waals surface area contributed by atoms with Gasteiger partial charge in [0.25, 0.3) is 0 Å². The zero-order valence-corrected chi connectivity index (χ0v) is 58.8. The molecule has 0 aliphatic rings. The predicted octanol–water partition coefficient (Wildman–Crippen LogP) is 19.6.